The number of rotatable bonds is 5. The van der Waals surface area contributed by atoms with E-state index in [9.17, 15) is 4.79 Å². The summed E-state index contributed by atoms with van der Waals surface area (Å²) in [5.41, 5.74) is 0.423. The van der Waals surface area contributed by atoms with Gasteiger partial charge in [-0.2, -0.15) is 0 Å². The first kappa shape index (κ1) is 13.9. The summed E-state index contributed by atoms with van der Waals surface area (Å²) in [4.78, 5) is 14.3. The number of nitrogens with zero attached hydrogens (tertiary/aromatic N) is 1. The second kappa shape index (κ2) is 5.60. The van der Waals surface area contributed by atoms with Crippen molar-refractivity contribution in [1.29, 1.82) is 0 Å². The average Bonchev–Trinajstić information content (AvgIpc) is 2.88. The largest absolute Gasteiger partial charge is 0.341 e. The van der Waals surface area contributed by atoms with Crippen LogP contribution in [0.3, 0.4) is 0 Å². The monoisotopic (exact) mass is 252 g/mol. The third-order valence-electron chi connectivity index (χ3n) is 4.68. The molecular formula is C15H28N2O. The molecule has 1 saturated heterocycles. The second-order valence-electron chi connectivity index (χ2n) is 6.69. The quantitative estimate of drug-likeness (QED) is 0.815. The zero-order valence-corrected chi connectivity index (χ0v) is 12.2. The molecule has 1 aliphatic heterocycles. The molecule has 0 spiro atoms. The van der Waals surface area contributed by atoms with E-state index in [0.29, 0.717) is 11.3 Å². The number of amides is 1. The van der Waals surface area contributed by atoms with Gasteiger partial charge in [0.2, 0.25) is 5.91 Å². The standard InChI is InChI=1S/C15H28N2O/c1-12(2)10-15(7-4-5-8-15)11-17-9-6-13(16-3)14(17)18/h12-13,16H,4-11H2,1-3H3. The van der Waals surface area contributed by atoms with Crippen LogP contribution in [-0.4, -0.2) is 37.0 Å². The van der Waals surface area contributed by atoms with Crippen LogP contribution in [0.2, 0.25) is 0 Å². The van der Waals surface area contributed by atoms with E-state index in [1.54, 1.807) is 0 Å². The van der Waals surface area contributed by atoms with Crippen molar-refractivity contribution in [1.82, 2.24) is 10.2 Å². The van der Waals surface area contributed by atoms with Crippen LogP contribution in [0.5, 0.6) is 0 Å². The molecule has 3 heteroatoms. The number of hydrogen-bond acceptors (Lipinski definition) is 2. The Kier molecular flexibility index (Phi) is 4.31. The fourth-order valence-corrected chi connectivity index (χ4v) is 3.99. The van der Waals surface area contributed by atoms with Gasteiger partial charge in [-0.25, -0.2) is 0 Å². The van der Waals surface area contributed by atoms with Gasteiger partial charge in [0.25, 0.3) is 0 Å². The Bertz CT molecular complexity index is 295. The van der Waals surface area contributed by atoms with E-state index in [4.69, 9.17) is 0 Å². The molecule has 1 saturated carbocycles. The molecule has 3 nitrogen and oxygen atoms in total. The van der Waals surface area contributed by atoms with Gasteiger partial charge in [-0.15, -0.1) is 0 Å². The number of nitrogens with one attached hydrogen (secondary N) is 1. The Balaban J connectivity index is 1.99. The maximum atomic E-state index is 12.2. The highest BCUT2D eigenvalue weighted by molar-refractivity contribution is 5.84. The highest BCUT2D eigenvalue weighted by Crippen LogP contribution is 2.44. The first-order valence-corrected chi connectivity index (χ1v) is 7.52. The van der Waals surface area contributed by atoms with Crippen LogP contribution in [0.25, 0.3) is 0 Å². The van der Waals surface area contributed by atoms with Crippen LogP contribution < -0.4 is 5.32 Å². The molecule has 2 aliphatic rings. The first-order chi connectivity index (χ1) is 8.56. The first-order valence-electron chi connectivity index (χ1n) is 7.52. The summed E-state index contributed by atoms with van der Waals surface area (Å²) < 4.78 is 0. The van der Waals surface area contributed by atoms with Crippen molar-refractivity contribution in [3.05, 3.63) is 0 Å². The molecule has 2 rings (SSSR count). The van der Waals surface area contributed by atoms with Crippen molar-refractivity contribution in [2.75, 3.05) is 20.1 Å². The van der Waals surface area contributed by atoms with Crippen molar-refractivity contribution < 1.29 is 4.79 Å². The van der Waals surface area contributed by atoms with Gasteiger partial charge in [-0.05, 0) is 44.1 Å². The van der Waals surface area contributed by atoms with E-state index in [2.05, 4.69) is 24.1 Å². The maximum Gasteiger partial charge on any atom is 0.239 e. The highest BCUT2D eigenvalue weighted by Gasteiger charge is 2.40. The fourth-order valence-electron chi connectivity index (χ4n) is 3.99. The molecule has 18 heavy (non-hydrogen) atoms. The molecule has 1 aliphatic carbocycles. The van der Waals surface area contributed by atoms with E-state index in [1.165, 1.54) is 32.1 Å². The van der Waals surface area contributed by atoms with Gasteiger partial charge >= 0.3 is 0 Å². The van der Waals surface area contributed by atoms with Crippen LogP contribution in [0.4, 0.5) is 0 Å². The molecule has 2 fully saturated rings. The topological polar surface area (TPSA) is 32.3 Å². The van der Waals surface area contributed by atoms with E-state index in [-0.39, 0.29) is 6.04 Å². The molecule has 104 valence electrons. The van der Waals surface area contributed by atoms with Crippen molar-refractivity contribution in [3.8, 4) is 0 Å². The van der Waals surface area contributed by atoms with Crippen LogP contribution in [-0.2, 0) is 4.79 Å². The second-order valence-corrected chi connectivity index (χ2v) is 6.69. The van der Waals surface area contributed by atoms with Gasteiger partial charge in [0.15, 0.2) is 0 Å². The van der Waals surface area contributed by atoms with Gasteiger partial charge in [-0.3, -0.25) is 4.79 Å². The summed E-state index contributed by atoms with van der Waals surface area (Å²) in [6.45, 7) is 6.57. The minimum absolute atomic E-state index is 0.0718. The lowest BCUT2D eigenvalue weighted by Gasteiger charge is -2.35. The van der Waals surface area contributed by atoms with Crippen LogP contribution in [0.15, 0.2) is 0 Å². The molecule has 0 bridgehead atoms. The van der Waals surface area contributed by atoms with Crippen molar-refractivity contribution >= 4 is 5.91 Å². The summed E-state index contributed by atoms with van der Waals surface area (Å²) in [5.74, 6) is 1.06. The Morgan fingerprint density at radius 1 is 1.39 bits per heavy atom. The van der Waals surface area contributed by atoms with Crippen LogP contribution in [0.1, 0.15) is 52.4 Å². The van der Waals surface area contributed by atoms with Crippen molar-refractivity contribution in [3.63, 3.8) is 0 Å². The summed E-state index contributed by atoms with van der Waals surface area (Å²) in [5, 5.41) is 3.13. The minimum Gasteiger partial charge on any atom is -0.341 e. The third-order valence-corrected chi connectivity index (χ3v) is 4.68. The number of carbonyl (C=O) groups excluding carboxylic acids is 1. The molecule has 0 radical (unpaired) electrons. The molecule has 1 heterocycles. The average molecular weight is 252 g/mol. The highest BCUT2D eigenvalue weighted by atomic mass is 16.2. The predicted molar refractivity (Wildman–Crippen MR) is 74.4 cm³/mol. The Labute approximate surface area is 111 Å². The van der Waals surface area contributed by atoms with Crippen molar-refractivity contribution in [2.45, 2.75) is 58.4 Å². The van der Waals surface area contributed by atoms with E-state index >= 15 is 0 Å². The summed E-state index contributed by atoms with van der Waals surface area (Å²) in [6.07, 6.45) is 7.60. The molecule has 1 N–H and O–H groups in total. The molecule has 1 atom stereocenters. The molecular weight excluding hydrogens is 224 g/mol. The number of carbonyl (C=O) groups is 1. The fraction of sp³-hybridized carbons (Fsp3) is 0.933. The SMILES string of the molecule is CNC1CCN(CC2(CC(C)C)CCCC2)C1=O. The smallest absolute Gasteiger partial charge is 0.239 e. The zero-order chi connectivity index (χ0) is 13.2. The molecule has 0 aromatic carbocycles. The zero-order valence-electron chi connectivity index (χ0n) is 12.2. The molecule has 0 aromatic rings. The lowest BCUT2D eigenvalue weighted by atomic mass is 9.78. The summed E-state index contributed by atoms with van der Waals surface area (Å²) in [6, 6.07) is 0.0718. The predicted octanol–water partition coefficient (Wildman–Crippen LogP) is 2.41. The third kappa shape index (κ3) is 2.87. The van der Waals surface area contributed by atoms with Crippen LogP contribution >= 0.6 is 0 Å². The lowest BCUT2D eigenvalue weighted by Crippen LogP contribution is -2.42. The Hall–Kier alpha value is -0.570. The Morgan fingerprint density at radius 3 is 2.56 bits per heavy atom. The lowest BCUT2D eigenvalue weighted by molar-refractivity contribution is -0.130. The molecule has 1 unspecified atom stereocenters. The van der Waals surface area contributed by atoms with Gasteiger partial charge in [0.1, 0.15) is 0 Å². The number of likely N-dealkylation sites (tertiary alicyclic amines) is 1. The van der Waals surface area contributed by atoms with Crippen LogP contribution in [0, 0.1) is 11.3 Å². The minimum atomic E-state index is 0.0718. The number of likely N-dealkylation sites (N-methyl/N-ethyl adjacent to an activating group) is 1. The molecule has 0 aromatic heterocycles. The van der Waals surface area contributed by atoms with Gasteiger partial charge in [-0.1, -0.05) is 26.7 Å². The normalized spacial score (nSPS) is 27.4. The van der Waals surface area contributed by atoms with E-state index in [0.717, 1.165) is 25.4 Å². The number of hydrogen-bond donors (Lipinski definition) is 1. The van der Waals surface area contributed by atoms with Gasteiger partial charge in [0, 0.05) is 13.1 Å². The molecule has 1 amide bonds. The van der Waals surface area contributed by atoms with E-state index in [1.807, 2.05) is 7.05 Å². The summed E-state index contributed by atoms with van der Waals surface area (Å²) >= 11 is 0. The Morgan fingerprint density at radius 2 is 2.06 bits per heavy atom. The summed E-state index contributed by atoms with van der Waals surface area (Å²) in [7, 11) is 1.89. The van der Waals surface area contributed by atoms with Gasteiger partial charge < -0.3 is 10.2 Å². The van der Waals surface area contributed by atoms with E-state index < -0.39 is 0 Å². The van der Waals surface area contributed by atoms with Gasteiger partial charge in [0.05, 0.1) is 6.04 Å². The maximum absolute atomic E-state index is 12.2. The van der Waals surface area contributed by atoms with Crippen molar-refractivity contribution in [2.24, 2.45) is 11.3 Å².